The number of aryl methyl sites for hydroxylation is 1. The molecule has 0 unspecified atom stereocenters. The van der Waals surface area contributed by atoms with E-state index in [1.807, 2.05) is 6.92 Å². The van der Waals surface area contributed by atoms with Crippen molar-refractivity contribution in [1.29, 1.82) is 0 Å². The molecule has 6 heteroatoms. The van der Waals surface area contributed by atoms with Crippen molar-refractivity contribution < 1.29 is 9.90 Å². The molecule has 2 rings (SSSR count). The van der Waals surface area contributed by atoms with Crippen molar-refractivity contribution in [2.24, 2.45) is 0 Å². The maximum absolute atomic E-state index is 11.8. The average molecular weight is 269 g/mol. The van der Waals surface area contributed by atoms with Gasteiger partial charge in [0, 0.05) is 16.6 Å². The van der Waals surface area contributed by atoms with Gasteiger partial charge in [0.15, 0.2) is 5.13 Å². The quantitative estimate of drug-likeness (QED) is 0.880. The molecule has 88 valence electrons. The summed E-state index contributed by atoms with van der Waals surface area (Å²) in [4.78, 5) is 16.8. The third-order valence-electron chi connectivity index (χ3n) is 2.05. The number of halogens is 1. The van der Waals surface area contributed by atoms with E-state index in [4.69, 9.17) is 11.6 Å². The zero-order valence-electron chi connectivity index (χ0n) is 8.90. The molecule has 4 nitrogen and oxygen atoms in total. The lowest BCUT2D eigenvalue weighted by molar-refractivity contribution is 0.102. The van der Waals surface area contributed by atoms with E-state index >= 15 is 0 Å². The van der Waals surface area contributed by atoms with E-state index in [1.165, 1.54) is 29.5 Å². The fourth-order valence-electron chi connectivity index (χ4n) is 1.23. The Morgan fingerprint density at radius 3 is 2.88 bits per heavy atom. The van der Waals surface area contributed by atoms with E-state index in [0.717, 1.165) is 4.88 Å². The fraction of sp³-hybridized carbons (Fsp3) is 0.0909. The highest BCUT2D eigenvalue weighted by Crippen LogP contribution is 2.24. The molecule has 0 fully saturated rings. The van der Waals surface area contributed by atoms with Crippen LogP contribution in [0.5, 0.6) is 5.75 Å². The van der Waals surface area contributed by atoms with Crippen LogP contribution in [0, 0.1) is 6.92 Å². The van der Waals surface area contributed by atoms with Gasteiger partial charge in [-0.2, -0.15) is 0 Å². The number of nitrogens with zero attached hydrogens (tertiary/aromatic N) is 1. The van der Waals surface area contributed by atoms with Gasteiger partial charge in [-0.15, -0.1) is 11.3 Å². The predicted molar refractivity (Wildman–Crippen MR) is 67.9 cm³/mol. The van der Waals surface area contributed by atoms with Crippen LogP contribution in [0.25, 0.3) is 0 Å². The van der Waals surface area contributed by atoms with E-state index in [9.17, 15) is 9.90 Å². The highest BCUT2D eigenvalue weighted by molar-refractivity contribution is 7.15. The van der Waals surface area contributed by atoms with Crippen molar-refractivity contribution in [2.45, 2.75) is 6.92 Å². The van der Waals surface area contributed by atoms with Crippen LogP contribution >= 0.6 is 22.9 Å². The first kappa shape index (κ1) is 11.9. The molecule has 2 N–H and O–H groups in total. The van der Waals surface area contributed by atoms with E-state index in [-0.39, 0.29) is 16.7 Å². The molecule has 0 saturated carbocycles. The van der Waals surface area contributed by atoms with Crippen LogP contribution in [0.3, 0.4) is 0 Å². The third-order valence-corrected chi connectivity index (χ3v) is 3.18. The summed E-state index contributed by atoms with van der Waals surface area (Å²) < 4.78 is 0. The van der Waals surface area contributed by atoms with Gasteiger partial charge in [0.2, 0.25) is 0 Å². The van der Waals surface area contributed by atoms with Crippen LogP contribution in [0.4, 0.5) is 5.13 Å². The van der Waals surface area contributed by atoms with E-state index in [1.54, 1.807) is 6.20 Å². The molecule has 17 heavy (non-hydrogen) atoms. The van der Waals surface area contributed by atoms with Crippen molar-refractivity contribution >= 4 is 34.0 Å². The Hall–Kier alpha value is -1.59. The van der Waals surface area contributed by atoms with Crippen LogP contribution in [-0.4, -0.2) is 16.0 Å². The van der Waals surface area contributed by atoms with Crippen LogP contribution in [0.15, 0.2) is 24.4 Å². The highest BCUT2D eigenvalue weighted by atomic mass is 35.5. The van der Waals surface area contributed by atoms with Crippen molar-refractivity contribution in [3.8, 4) is 5.75 Å². The monoisotopic (exact) mass is 268 g/mol. The summed E-state index contributed by atoms with van der Waals surface area (Å²) in [5, 5.41) is 12.6. The van der Waals surface area contributed by atoms with Crippen LogP contribution < -0.4 is 5.32 Å². The lowest BCUT2D eigenvalue weighted by Gasteiger charge is -2.03. The number of carbonyl (C=O) groups excluding carboxylic acids is 1. The Morgan fingerprint density at radius 2 is 2.29 bits per heavy atom. The highest BCUT2D eigenvalue weighted by Gasteiger charge is 2.10. The number of hydrogen-bond donors (Lipinski definition) is 2. The minimum Gasteiger partial charge on any atom is -0.506 e. The summed E-state index contributed by atoms with van der Waals surface area (Å²) in [5.41, 5.74) is 0.376. The van der Waals surface area contributed by atoms with Gasteiger partial charge in [0.25, 0.3) is 5.91 Å². The van der Waals surface area contributed by atoms with Crippen LogP contribution in [0.1, 0.15) is 15.2 Å². The molecular weight excluding hydrogens is 260 g/mol. The van der Waals surface area contributed by atoms with Crippen molar-refractivity contribution in [3.63, 3.8) is 0 Å². The Bertz CT molecular complexity index is 568. The van der Waals surface area contributed by atoms with Gasteiger partial charge in [-0.25, -0.2) is 4.98 Å². The number of anilines is 1. The molecule has 0 aliphatic rings. The molecule has 0 radical (unpaired) electrons. The van der Waals surface area contributed by atoms with Gasteiger partial charge in [0.05, 0.1) is 5.02 Å². The van der Waals surface area contributed by atoms with Crippen molar-refractivity contribution in [2.75, 3.05) is 5.32 Å². The Labute approximate surface area is 107 Å². The molecule has 0 bridgehead atoms. The molecule has 1 aromatic carbocycles. The molecule has 0 atom stereocenters. The number of rotatable bonds is 2. The second kappa shape index (κ2) is 4.73. The van der Waals surface area contributed by atoms with E-state index in [0.29, 0.717) is 10.7 Å². The second-order valence-electron chi connectivity index (χ2n) is 3.40. The molecule has 2 aromatic rings. The summed E-state index contributed by atoms with van der Waals surface area (Å²) in [7, 11) is 0. The second-order valence-corrected chi connectivity index (χ2v) is 5.04. The number of aromatic nitrogens is 1. The summed E-state index contributed by atoms with van der Waals surface area (Å²) in [6.45, 7) is 1.91. The number of thiazole rings is 1. The summed E-state index contributed by atoms with van der Waals surface area (Å²) in [5.74, 6) is -0.352. The number of aromatic hydroxyl groups is 1. The SMILES string of the molecule is Cc1cnc(NC(=O)c2ccc(O)c(Cl)c2)s1. The third kappa shape index (κ3) is 2.75. The molecule has 1 heterocycles. The van der Waals surface area contributed by atoms with Gasteiger partial charge < -0.3 is 5.11 Å². The molecule has 1 amide bonds. The maximum Gasteiger partial charge on any atom is 0.257 e. The number of phenolic OH excluding ortho intramolecular Hbond substituents is 1. The topological polar surface area (TPSA) is 62.2 Å². The maximum atomic E-state index is 11.8. The average Bonchev–Trinajstić information content (AvgIpc) is 2.68. The van der Waals surface area contributed by atoms with E-state index in [2.05, 4.69) is 10.3 Å². The zero-order valence-corrected chi connectivity index (χ0v) is 10.5. The normalized spacial score (nSPS) is 10.2. The predicted octanol–water partition coefficient (Wildman–Crippen LogP) is 3.06. The molecule has 0 aliphatic carbocycles. The van der Waals surface area contributed by atoms with Gasteiger partial charge in [0.1, 0.15) is 5.75 Å². The smallest absolute Gasteiger partial charge is 0.257 e. The number of phenols is 1. The van der Waals surface area contributed by atoms with Gasteiger partial charge >= 0.3 is 0 Å². The van der Waals surface area contributed by atoms with Gasteiger partial charge in [-0.1, -0.05) is 11.6 Å². The van der Waals surface area contributed by atoms with Crippen LogP contribution in [-0.2, 0) is 0 Å². The molecular formula is C11H9ClN2O2S. The number of nitrogens with one attached hydrogen (secondary N) is 1. The van der Waals surface area contributed by atoms with Crippen LogP contribution in [0.2, 0.25) is 5.02 Å². The number of amides is 1. The summed E-state index contributed by atoms with van der Waals surface area (Å²) in [6.07, 6.45) is 1.68. The standard InChI is InChI=1S/C11H9ClN2O2S/c1-6-5-13-11(17-6)14-10(16)7-2-3-9(15)8(12)4-7/h2-5,15H,1H3,(H,13,14,16). The molecule has 0 spiro atoms. The number of hydrogen-bond acceptors (Lipinski definition) is 4. The number of carbonyl (C=O) groups is 1. The van der Waals surface area contributed by atoms with Gasteiger partial charge in [-0.3, -0.25) is 10.1 Å². The Kier molecular flexibility index (Phi) is 3.31. The molecule has 1 aromatic heterocycles. The van der Waals surface area contributed by atoms with E-state index < -0.39 is 0 Å². The first-order valence-corrected chi connectivity index (χ1v) is 5.98. The fourth-order valence-corrected chi connectivity index (χ4v) is 2.07. The molecule has 0 aliphatic heterocycles. The largest absolute Gasteiger partial charge is 0.506 e. The van der Waals surface area contributed by atoms with Gasteiger partial charge in [-0.05, 0) is 25.1 Å². The Balaban J connectivity index is 2.17. The summed E-state index contributed by atoms with van der Waals surface area (Å²) >= 11 is 7.11. The molecule has 0 saturated heterocycles. The first-order valence-electron chi connectivity index (χ1n) is 4.78. The number of benzene rings is 1. The van der Waals surface area contributed by atoms with Crippen molar-refractivity contribution in [1.82, 2.24) is 4.98 Å². The van der Waals surface area contributed by atoms with Crippen molar-refractivity contribution in [3.05, 3.63) is 39.9 Å². The minimum absolute atomic E-state index is 0.0479. The lowest BCUT2D eigenvalue weighted by Crippen LogP contribution is -2.11. The zero-order chi connectivity index (χ0) is 12.4. The minimum atomic E-state index is -0.304. The lowest BCUT2D eigenvalue weighted by atomic mass is 10.2. The summed E-state index contributed by atoms with van der Waals surface area (Å²) in [6, 6.07) is 4.29. The first-order chi connectivity index (χ1) is 8.06. The Morgan fingerprint density at radius 1 is 1.53 bits per heavy atom.